The van der Waals surface area contributed by atoms with Crippen molar-refractivity contribution in [3.63, 3.8) is 0 Å². The fourth-order valence-corrected chi connectivity index (χ4v) is 2.85. The predicted octanol–water partition coefficient (Wildman–Crippen LogP) is -0.249. The number of carbonyl (C=O) groups is 3. The summed E-state index contributed by atoms with van der Waals surface area (Å²) >= 11 is 0. The number of carboxylic acid groups (broad SMARTS) is 1. The fourth-order valence-electron chi connectivity index (χ4n) is 2.85. The van der Waals surface area contributed by atoms with Crippen LogP contribution in [0.5, 0.6) is 0 Å². The molecule has 0 aromatic heterocycles. The van der Waals surface area contributed by atoms with Gasteiger partial charge < -0.3 is 10.2 Å². The molecule has 6 nitrogen and oxygen atoms in total. The number of hydrogen-bond donors (Lipinski definition) is 2. The number of carbonyl (C=O) groups excluding carboxylic acids is 2. The van der Waals surface area contributed by atoms with Gasteiger partial charge in [0, 0.05) is 6.42 Å². The number of hydrogen-bond acceptors (Lipinski definition) is 4. The van der Waals surface area contributed by atoms with Gasteiger partial charge in [0.25, 0.3) is 0 Å². The van der Waals surface area contributed by atoms with E-state index in [0.717, 1.165) is 17.7 Å². The van der Waals surface area contributed by atoms with E-state index in [4.69, 9.17) is 10.2 Å². The Morgan fingerprint density at radius 2 is 1.94 bits per heavy atom. The van der Waals surface area contributed by atoms with E-state index in [-0.39, 0.29) is 6.42 Å². The van der Waals surface area contributed by atoms with Gasteiger partial charge in [0.05, 0.1) is 12.0 Å². The summed E-state index contributed by atoms with van der Waals surface area (Å²) in [5.74, 6) is -2.23. The number of aliphatic hydroxyl groups excluding tert-OH is 1. The fraction of sp³-hybridized carbons (Fsp3) is 0.727. The van der Waals surface area contributed by atoms with Crippen molar-refractivity contribution in [3.05, 3.63) is 0 Å². The molecule has 94 valence electrons. The first-order valence-electron chi connectivity index (χ1n) is 5.72. The molecule has 1 saturated carbocycles. The van der Waals surface area contributed by atoms with Crippen LogP contribution in [0.15, 0.2) is 0 Å². The molecule has 1 unspecified atom stereocenters. The van der Waals surface area contributed by atoms with E-state index in [0.29, 0.717) is 12.8 Å². The molecular formula is C11H15NO5. The molecule has 0 bridgehead atoms. The monoisotopic (exact) mass is 241 g/mol. The molecule has 1 spiro atoms. The van der Waals surface area contributed by atoms with Crippen LogP contribution in [-0.4, -0.2) is 45.5 Å². The first-order chi connectivity index (χ1) is 8.02. The van der Waals surface area contributed by atoms with Crippen molar-refractivity contribution in [1.82, 2.24) is 4.90 Å². The average molecular weight is 241 g/mol. The zero-order chi connectivity index (χ0) is 12.6. The van der Waals surface area contributed by atoms with Gasteiger partial charge in [-0.15, -0.1) is 0 Å². The van der Waals surface area contributed by atoms with Crippen LogP contribution in [0.4, 0.5) is 0 Å². The second kappa shape index (κ2) is 4.10. The van der Waals surface area contributed by atoms with Gasteiger partial charge >= 0.3 is 5.97 Å². The first-order valence-corrected chi connectivity index (χ1v) is 5.72. The molecule has 2 fully saturated rings. The molecule has 1 aliphatic carbocycles. The van der Waals surface area contributed by atoms with Gasteiger partial charge in [0.15, 0.2) is 6.04 Å². The molecule has 0 radical (unpaired) electrons. The summed E-state index contributed by atoms with van der Waals surface area (Å²) < 4.78 is 0. The molecule has 2 N–H and O–H groups in total. The Labute approximate surface area is 98.2 Å². The number of aliphatic hydroxyl groups is 1. The largest absolute Gasteiger partial charge is 0.480 e. The topological polar surface area (TPSA) is 94.9 Å². The van der Waals surface area contributed by atoms with Crippen LogP contribution in [0.1, 0.15) is 32.1 Å². The maximum absolute atomic E-state index is 12.2. The number of rotatable bonds is 3. The van der Waals surface area contributed by atoms with Crippen LogP contribution in [0.3, 0.4) is 0 Å². The Morgan fingerprint density at radius 3 is 2.41 bits per heavy atom. The Bertz CT molecular complexity index is 372. The smallest absolute Gasteiger partial charge is 0.329 e. The van der Waals surface area contributed by atoms with E-state index in [9.17, 15) is 14.4 Å². The van der Waals surface area contributed by atoms with Crippen molar-refractivity contribution < 1.29 is 24.6 Å². The van der Waals surface area contributed by atoms with Crippen molar-refractivity contribution in [2.24, 2.45) is 5.41 Å². The van der Waals surface area contributed by atoms with E-state index in [2.05, 4.69) is 0 Å². The first kappa shape index (κ1) is 12.0. The summed E-state index contributed by atoms with van der Waals surface area (Å²) in [6, 6.07) is -1.44. The average Bonchev–Trinajstić information content (AvgIpc) is 2.81. The zero-order valence-electron chi connectivity index (χ0n) is 9.39. The number of nitrogens with zero attached hydrogens (tertiary/aromatic N) is 1. The summed E-state index contributed by atoms with van der Waals surface area (Å²) in [6.45, 7) is -0.733. The van der Waals surface area contributed by atoms with Crippen LogP contribution in [-0.2, 0) is 14.4 Å². The van der Waals surface area contributed by atoms with Gasteiger partial charge in [-0.3, -0.25) is 14.5 Å². The van der Waals surface area contributed by atoms with Gasteiger partial charge in [-0.25, -0.2) is 4.79 Å². The van der Waals surface area contributed by atoms with Crippen LogP contribution in [0.25, 0.3) is 0 Å². The molecule has 1 heterocycles. The molecule has 1 aliphatic heterocycles. The van der Waals surface area contributed by atoms with E-state index in [1.165, 1.54) is 0 Å². The lowest BCUT2D eigenvalue weighted by atomic mass is 9.84. The van der Waals surface area contributed by atoms with E-state index in [1.807, 2.05) is 0 Å². The summed E-state index contributed by atoms with van der Waals surface area (Å²) in [5, 5.41) is 17.9. The van der Waals surface area contributed by atoms with Crippen molar-refractivity contribution in [3.8, 4) is 0 Å². The lowest BCUT2D eigenvalue weighted by Gasteiger charge is -2.24. The van der Waals surface area contributed by atoms with Gasteiger partial charge in [0.1, 0.15) is 0 Å². The molecule has 2 rings (SSSR count). The highest BCUT2D eigenvalue weighted by molar-refractivity contribution is 6.08. The lowest BCUT2D eigenvalue weighted by Crippen LogP contribution is -2.48. The molecule has 6 heteroatoms. The maximum Gasteiger partial charge on any atom is 0.329 e. The standard InChI is InChI=1S/C11H15NO5/c13-6-7(9(15)16)12-8(14)5-11(10(12)17)3-1-2-4-11/h7,13H,1-6H2,(H,15,16). The summed E-state index contributed by atoms with van der Waals surface area (Å²) in [7, 11) is 0. The number of imide groups is 1. The van der Waals surface area contributed by atoms with Crippen LogP contribution < -0.4 is 0 Å². The summed E-state index contributed by atoms with van der Waals surface area (Å²) in [4.78, 5) is 35.6. The van der Waals surface area contributed by atoms with E-state index >= 15 is 0 Å². The molecule has 2 amide bonds. The Hall–Kier alpha value is -1.43. The number of aliphatic carboxylic acids is 1. The third-order valence-electron chi connectivity index (χ3n) is 3.76. The van der Waals surface area contributed by atoms with E-state index in [1.54, 1.807) is 0 Å². The molecule has 0 aromatic rings. The van der Waals surface area contributed by atoms with Gasteiger partial charge in [-0.2, -0.15) is 0 Å². The number of likely N-dealkylation sites (tertiary alicyclic amines) is 1. The highest BCUT2D eigenvalue weighted by Crippen LogP contribution is 2.47. The predicted molar refractivity (Wildman–Crippen MR) is 55.9 cm³/mol. The third-order valence-corrected chi connectivity index (χ3v) is 3.76. The minimum absolute atomic E-state index is 0.0929. The van der Waals surface area contributed by atoms with Crippen molar-refractivity contribution in [1.29, 1.82) is 0 Å². The summed E-state index contributed by atoms with van der Waals surface area (Å²) in [6.07, 6.45) is 3.17. The highest BCUT2D eigenvalue weighted by atomic mass is 16.4. The van der Waals surface area contributed by atoms with Crippen molar-refractivity contribution in [2.75, 3.05) is 6.61 Å². The highest BCUT2D eigenvalue weighted by Gasteiger charge is 2.55. The van der Waals surface area contributed by atoms with E-state index < -0.39 is 35.8 Å². The molecule has 17 heavy (non-hydrogen) atoms. The van der Waals surface area contributed by atoms with Gasteiger partial charge in [-0.1, -0.05) is 12.8 Å². The molecular weight excluding hydrogens is 226 g/mol. The Kier molecular flexibility index (Phi) is 2.91. The number of carboxylic acids is 1. The zero-order valence-corrected chi connectivity index (χ0v) is 9.39. The number of amides is 2. The van der Waals surface area contributed by atoms with Gasteiger partial charge in [0.2, 0.25) is 11.8 Å². The van der Waals surface area contributed by atoms with Crippen LogP contribution in [0, 0.1) is 5.41 Å². The Morgan fingerprint density at radius 1 is 1.35 bits per heavy atom. The lowest BCUT2D eigenvalue weighted by molar-refractivity contribution is -0.157. The molecule has 2 aliphatic rings. The molecule has 1 saturated heterocycles. The quantitative estimate of drug-likeness (QED) is 0.664. The Balaban J connectivity index is 2.27. The maximum atomic E-state index is 12.2. The SMILES string of the molecule is O=C(O)C(CO)N1C(=O)CC2(CCCC2)C1=O. The van der Waals surface area contributed by atoms with Crippen molar-refractivity contribution >= 4 is 17.8 Å². The van der Waals surface area contributed by atoms with Crippen LogP contribution >= 0.6 is 0 Å². The minimum Gasteiger partial charge on any atom is -0.480 e. The summed E-state index contributed by atoms with van der Waals surface area (Å²) in [5.41, 5.74) is -0.681. The van der Waals surface area contributed by atoms with Crippen LogP contribution in [0.2, 0.25) is 0 Å². The third kappa shape index (κ3) is 1.72. The second-order valence-corrected chi connectivity index (χ2v) is 4.77. The minimum atomic E-state index is -1.44. The van der Waals surface area contributed by atoms with Gasteiger partial charge in [-0.05, 0) is 12.8 Å². The van der Waals surface area contributed by atoms with Crippen molar-refractivity contribution in [2.45, 2.75) is 38.1 Å². The molecule has 1 atom stereocenters. The molecule has 0 aromatic carbocycles. The normalized spacial score (nSPS) is 24.6. The second-order valence-electron chi connectivity index (χ2n) is 4.77.